The Morgan fingerprint density at radius 1 is 1.57 bits per heavy atom. The highest BCUT2D eigenvalue weighted by atomic mass is 32.1. The van der Waals surface area contributed by atoms with Crippen molar-refractivity contribution in [3.05, 3.63) is 0 Å². The van der Waals surface area contributed by atoms with Crippen molar-refractivity contribution >= 4 is 12.6 Å². The second-order valence-electron chi connectivity index (χ2n) is 4.39. The molecule has 0 aromatic carbocycles. The van der Waals surface area contributed by atoms with E-state index in [0.29, 0.717) is 5.92 Å². The topological polar surface area (TPSA) is 23.5 Å². The summed E-state index contributed by atoms with van der Waals surface area (Å²) in [7, 11) is 0. The van der Waals surface area contributed by atoms with Crippen LogP contribution in [-0.2, 0) is 0 Å². The minimum Gasteiger partial charge on any atom is -0.392 e. The molecule has 1 rings (SSSR count). The first-order valence-electron chi connectivity index (χ1n) is 5.77. The second kappa shape index (κ2) is 6.70. The Morgan fingerprint density at radius 2 is 2.36 bits per heavy atom. The lowest BCUT2D eigenvalue weighted by molar-refractivity contribution is 0.0631. The molecule has 1 fully saturated rings. The van der Waals surface area contributed by atoms with Crippen LogP contribution in [0.1, 0.15) is 32.6 Å². The van der Waals surface area contributed by atoms with Crippen molar-refractivity contribution in [2.45, 2.75) is 38.7 Å². The average molecular weight is 217 g/mol. The molecule has 0 aromatic heterocycles. The van der Waals surface area contributed by atoms with Crippen molar-refractivity contribution in [3.63, 3.8) is 0 Å². The van der Waals surface area contributed by atoms with Crippen LogP contribution in [0.2, 0.25) is 0 Å². The van der Waals surface area contributed by atoms with Crippen molar-refractivity contribution in [1.82, 2.24) is 4.90 Å². The molecule has 1 aliphatic rings. The summed E-state index contributed by atoms with van der Waals surface area (Å²) in [6.45, 7) is 5.37. The van der Waals surface area contributed by atoms with Crippen molar-refractivity contribution in [3.8, 4) is 0 Å². The van der Waals surface area contributed by atoms with Crippen LogP contribution < -0.4 is 0 Å². The fourth-order valence-corrected chi connectivity index (χ4v) is 2.51. The van der Waals surface area contributed by atoms with Crippen LogP contribution in [0.15, 0.2) is 0 Å². The van der Waals surface area contributed by atoms with Gasteiger partial charge in [-0.15, -0.1) is 0 Å². The molecule has 2 atom stereocenters. The molecule has 1 aliphatic heterocycles. The molecule has 0 saturated carbocycles. The monoisotopic (exact) mass is 217 g/mol. The Bertz CT molecular complexity index is 154. The van der Waals surface area contributed by atoms with Gasteiger partial charge in [-0.2, -0.15) is 12.6 Å². The highest BCUT2D eigenvalue weighted by Crippen LogP contribution is 2.15. The first-order valence-corrected chi connectivity index (χ1v) is 6.40. The summed E-state index contributed by atoms with van der Waals surface area (Å²) in [5.41, 5.74) is 0. The zero-order chi connectivity index (χ0) is 10.4. The molecule has 2 unspecified atom stereocenters. The summed E-state index contributed by atoms with van der Waals surface area (Å²) in [6.07, 6.45) is 4.53. The van der Waals surface area contributed by atoms with Gasteiger partial charge >= 0.3 is 0 Å². The predicted octanol–water partition coefficient (Wildman–Crippen LogP) is 1.79. The summed E-state index contributed by atoms with van der Waals surface area (Å²) < 4.78 is 0. The van der Waals surface area contributed by atoms with E-state index in [1.807, 2.05) is 0 Å². The van der Waals surface area contributed by atoms with E-state index in [9.17, 15) is 5.11 Å². The van der Waals surface area contributed by atoms with Crippen molar-refractivity contribution in [2.75, 3.05) is 25.4 Å². The smallest absolute Gasteiger partial charge is 0.0667 e. The third-order valence-corrected chi connectivity index (χ3v) is 3.47. The summed E-state index contributed by atoms with van der Waals surface area (Å²) in [4.78, 5) is 2.39. The van der Waals surface area contributed by atoms with E-state index in [2.05, 4.69) is 24.5 Å². The normalized spacial score (nSPS) is 26.4. The van der Waals surface area contributed by atoms with Gasteiger partial charge in [-0.05, 0) is 37.5 Å². The molecule has 0 radical (unpaired) electrons. The Hall–Kier alpha value is 0.270. The van der Waals surface area contributed by atoms with Crippen LogP contribution in [0.4, 0.5) is 0 Å². The minimum absolute atomic E-state index is 0.0917. The molecule has 2 nitrogen and oxygen atoms in total. The number of aliphatic hydroxyl groups excluding tert-OH is 1. The van der Waals surface area contributed by atoms with Crippen LogP contribution >= 0.6 is 12.6 Å². The maximum atomic E-state index is 9.53. The Labute approximate surface area is 93.1 Å². The number of hydrogen-bond acceptors (Lipinski definition) is 3. The van der Waals surface area contributed by atoms with Gasteiger partial charge in [0.05, 0.1) is 6.10 Å². The number of likely N-dealkylation sites (tertiary alicyclic amines) is 1. The lowest BCUT2D eigenvalue weighted by atomic mass is 10.0. The van der Waals surface area contributed by atoms with E-state index >= 15 is 0 Å². The van der Waals surface area contributed by atoms with Gasteiger partial charge in [-0.3, -0.25) is 0 Å². The molecule has 1 saturated heterocycles. The molecule has 0 spiro atoms. The minimum atomic E-state index is -0.0917. The maximum absolute atomic E-state index is 9.53. The molecule has 0 aromatic rings. The zero-order valence-corrected chi connectivity index (χ0v) is 10.0. The Balaban J connectivity index is 2.26. The molecule has 1 N–H and O–H groups in total. The largest absolute Gasteiger partial charge is 0.392 e. The Kier molecular flexibility index (Phi) is 5.90. The van der Waals surface area contributed by atoms with E-state index in [0.717, 1.165) is 38.2 Å². The predicted molar refractivity (Wildman–Crippen MR) is 63.9 cm³/mol. The third-order valence-electron chi connectivity index (χ3n) is 2.95. The van der Waals surface area contributed by atoms with E-state index in [1.54, 1.807) is 0 Å². The summed E-state index contributed by atoms with van der Waals surface area (Å²) >= 11 is 4.38. The van der Waals surface area contributed by atoms with Gasteiger partial charge in [-0.1, -0.05) is 13.3 Å². The lowest BCUT2D eigenvalue weighted by Gasteiger charge is -2.32. The SMILES string of the molecule is CCCC(CS)CN1CCCC(O)C1. The standard InChI is InChI=1S/C11H23NOS/c1-2-4-10(9-14)7-12-6-3-5-11(13)8-12/h10-11,13-14H,2-9H2,1H3. The number of hydrogen-bond donors (Lipinski definition) is 2. The highest BCUT2D eigenvalue weighted by Gasteiger charge is 2.19. The fraction of sp³-hybridized carbons (Fsp3) is 1.00. The molecular formula is C11H23NOS. The van der Waals surface area contributed by atoms with Gasteiger partial charge in [0.15, 0.2) is 0 Å². The number of β-amino-alcohol motifs (C(OH)–C–C–N with tert-alkyl or cyclic N) is 1. The third kappa shape index (κ3) is 4.20. The first-order chi connectivity index (χ1) is 6.76. The number of piperidine rings is 1. The van der Waals surface area contributed by atoms with E-state index in [1.165, 1.54) is 12.8 Å². The lowest BCUT2D eigenvalue weighted by Crippen LogP contribution is -2.41. The quantitative estimate of drug-likeness (QED) is 0.686. The maximum Gasteiger partial charge on any atom is 0.0667 e. The van der Waals surface area contributed by atoms with Crippen LogP contribution in [0.5, 0.6) is 0 Å². The molecule has 1 heterocycles. The van der Waals surface area contributed by atoms with E-state index in [-0.39, 0.29) is 6.10 Å². The van der Waals surface area contributed by atoms with Gasteiger partial charge in [0.25, 0.3) is 0 Å². The molecule has 0 bridgehead atoms. The fourth-order valence-electron chi connectivity index (χ4n) is 2.21. The van der Waals surface area contributed by atoms with Gasteiger partial charge in [0.2, 0.25) is 0 Å². The summed E-state index contributed by atoms with van der Waals surface area (Å²) in [5, 5.41) is 9.53. The highest BCUT2D eigenvalue weighted by molar-refractivity contribution is 7.80. The molecule has 84 valence electrons. The number of aliphatic hydroxyl groups is 1. The van der Waals surface area contributed by atoms with Crippen LogP contribution in [0, 0.1) is 5.92 Å². The van der Waals surface area contributed by atoms with E-state index < -0.39 is 0 Å². The van der Waals surface area contributed by atoms with Gasteiger partial charge < -0.3 is 10.0 Å². The van der Waals surface area contributed by atoms with Crippen LogP contribution in [0.25, 0.3) is 0 Å². The summed E-state index contributed by atoms with van der Waals surface area (Å²) in [6, 6.07) is 0. The number of thiol groups is 1. The van der Waals surface area contributed by atoms with Gasteiger partial charge in [0, 0.05) is 13.1 Å². The molecule has 3 heteroatoms. The van der Waals surface area contributed by atoms with Crippen LogP contribution in [-0.4, -0.2) is 41.5 Å². The molecule has 0 amide bonds. The summed E-state index contributed by atoms with van der Waals surface area (Å²) in [5.74, 6) is 1.68. The van der Waals surface area contributed by atoms with Crippen molar-refractivity contribution < 1.29 is 5.11 Å². The van der Waals surface area contributed by atoms with Crippen molar-refractivity contribution in [2.24, 2.45) is 5.92 Å². The zero-order valence-electron chi connectivity index (χ0n) is 9.15. The first kappa shape index (κ1) is 12.3. The number of rotatable bonds is 5. The van der Waals surface area contributed by atoms with Crippen molar-refractivity contribution in [1.29, 1.82) is 0 Å². The molecule has 0 aliphatic carbocycles. The second-order valence-corrected chi connectivity index (χ2v) is 4.76. The van der Waals surface area contributed by atoms with Gasteiger partial charge in [-0.25, -0.2) is 0 Å². The van der Waals surface area contributed by atoms with E-state index in [4.69, 9.17) is 0 Å². The Morgan fingerprint density at radius 3 is 2.93 bits per heavy atom. The van der Waals surface area contributed by atoms with Crippen LogP contribution in [0.3, 0.4) is 0 Å². The average Bonchev–Trinajstić information content (AvgIpc) is 2.17. The molecule has 14 heavy (non-hydrogen) atoms. The van der Waals surface area contributed by atoms with Gasteiger partial charge in [0.1, 0.15) is 0 Å². The molecular weight excluding hydrogens is 194 g/mol. The number of nitrogens with zero attached hydrogens (tertiary/aromatic N) is 1.